The van der Waals surface area contributed by atoms with Crippen molar-refractivity contribution < 1.29 is 19.4 Å². The van der Waals surface area contributed by atoms with Gasteiger partial charge in [0.2, 0.25) is 0 Å². The van der Waals surface area contributed by atoms with Crippen molar-refractivity contribution in [2.45, 2.75) is 46.0 Å². The molecule has 1 aliphatic carbocycles. The average Bonchev–Trinajstić information content (AvgIpc) is 3.45. The molecular weight excluding hydrogens is 452 g/mol. The van der Waals surface area contributed by atoms with Crippen LogP contribution in [0.2, 0.25) is 0 Å². The van der Waals surface area contributed by atoms with Crippen molar-refractivity contribution in [3.63, 3.8) is 0 Å². The van der Waals surface area contributed by atoms with Gasteiger partial charge < -0.3 is 20.5 Å². The third-order valence-electron chi connectivity index (χ3n) is 5.92. The third kappa shape index (κ3) is 5.15. The number of H-pyrrole nitrogens is 1. The molecule has 8 nitrogen and oxygen atoms in total. The van der Waals surface area contributed by atoms with E-state index in [0.29, 0.717) is 41.6 Å². The van der Waals surface area contributed by atoms with Crippen LogP contribution in [0.15, 0.2) is 24.3 Å². The molecule has 1 aromatic carbocycles. The molecule has 2 amide bonds. The van der Waals surface area contributed by atoms with E-state index < -0.39 is 0 Å². The maximum absolute atomic E-state index is 13.1. The first kappa shape index (κ1) is 24.0. The lowest BCUT2D eigenvalue weighted by Gasteiger charge is -2.13. The number of carbonyl (C=O) groups excluding carboxylic acids is 2. The van der Waals surface area contributed by atoms with Crippen molar-refractivity contribution in [2.24, 2.45) is 0 Å². The Morgan fingerprint density at radius 1 is 1.24 bits per heavy atom. The fourth-order valence-corrected chi connectivity index (χ4v) is 5.40. The number of aromatic nitrogens is 2. The number of benzene rings is 1. The largest absolute Gasteiger partial charge is 0.507 e. The predicted octanol–water partition coefficient (Wildman–Crippen LogP) is 4.44. The van der Waals surface area contributed by atoms with Gasteiger partial charge in [0.1, 0.15) is 16.4 Å². The molecule has 0 bridgehead atoms. The topological polar surface area (TPSA) is 116 Å². The Hall–Kier alpha value is -3.17. The molecule has 180 valence electrons. The van der Waals surface area contributed by atoms with E-state index in [2.05, 4.69) is 20.8 Å². The summed E-state index contributed by atoms with van der Waals surface area (Å²) in [5, 5.41) is 23.8. The Kier molecular flexibility index (Phi) is 7.64. The van der Waals surface area contributed by atoms with Crippen LogP contribution in [0.4, 0.5) is 5.00 Å². The standard InChI is InChI=1S/C25H30N4O4S/c1-3-33-13-7-12-26-24(32)21-17-9-4-5-11-20(17)34-25(21)27-23(31)19-14-18(28-29-19)16-10-6-8-15(2)22(16)30/h6,8,10,14,30H,3-5,7,9,11-13H2,1-2H3,(H,26,32)(H,27,31)(H,28,29). The number of fused-ring (bicyclic) bond motifs is 1. The summed E-state index contributed by atoms with van der Waals surface area (Å²) >= 11 is 1.48. The van der Waals surface area contributed by atoms with E-state index >= 15 is 0 Å². The molecule has 0 radical (unpaired) electrons. The van der Waals surface area contributed by atoms with E-state index in [1.165, 1.54) is 11.3 Å². The summed E-state index contributed by atoms with van der Waals surface area (Å²) in [6.45, 7) is 5.51. The zero-order valence-corrected chi connectivity index (χ0v) is 20.3. The number of amides is 2. The Morgan fingerprint density at radius 3 is 2.88 bits per heavy atom. The minimum Gasteiger partial charge on any atom is -0.507 e. The SMILES string of the molecule is CCOCCCNC(=O)c1c(NC(=O)c2cc(-c3cccc(C)c3O)n[nH]2)sc2c1CCCC2. The van der Waals surface area contributed by atoms with Crippen molar-refractivity contribution in [1.29, 1.82) is 0 Å². The van der Waals surface area contributed by atoms with Gasteiger partial charge in [-0.25, -0.2) is 0 Å². The van der Waals surface area contributed by atoms with E-state index in [1.54, 1.807) is 25.1 Å². The van der Waals surface area contributed by atoms with Gasteiger partial charge in [0.15, 0.2) is 0 Å². The number of hydrogen-bond donors (Lipinski definition) is 4. The van der Waals surface area contributed by atoms with E-state index in [1.807, 2.05) is 13.0 Å². The summed E-state index contributed by atoms with van der Waals surface area (Å²) in [4.78, 5) is 27.3. The molecule has 0 atom stereocenters. The van der Waals surface area contributed by atoms with Crippen molar-refractivity contribution in [3.05, 3.63) is 51.5 Å². The average molecular weight is 483 g/mol. The molecule has 0 spiro atoms. The summed E-state index contributed by atoms with van der Waals surface area (Å²) < 4.78 is 5.34. The fourth-order valence-electron chi connectivity index (χ4n) is 4.12. The molecule has 0 unspecified atom stereocenters. The Labute approximate surface area is 202 Å². The summed E-state index contributed by atoms with van der Waals surface area (Å²) in [6.07, 6.45) is 4.60. The van der Waals surface area contributed by atoms with Crippen LogP contribution >= 0.6 is 11.3 Å². The van der Waals surface area contributed by atoms with Crippen molar-refractivity contribution in [3.8, 4) is 17.0 Å². The Morgan fingerprint density at radius 2 is 2.06 bits per heavy atom. The molecule has 0 fully saturated rings. The van der Waals surface area contributed by atoms with Crippen LogP contribution in [0.1, 0.15) is 63.0 Å². The number of aryl methyl sites for hydroxylation is 2. The summed E-state index contributed by atoms with van der Waals surface area (Å²) in [6, 6.07) is 6.99. The molecule has 2 heterocycles. The van der Waals surface area contributed by atoms with Gasteiger partial charge in [-0.3, -0.25) is 14.7 Å². The molecule has 2 aromatic heterocycles. The van der Waals surface area contributed by atoms with Gasteiger partial charge in [-0.2, -0.15) is 5.10 Å². The number of nitrogens with one attached hydrogen (secondary N) is 3. The quantitative estimate of drug-likeness (QED) is 0.337. The lowest BCUT2D eigenvalue weighted by molar-refractivity contribution is 0.0944. The summed E-state index contributed by atoms with van der Waals surface area (Å²) in [5.74, 6) is -0.411. The number of ether oxygens (including phenoxy) is 1. The van der Waals surface area contributed by atoms with Crippen LogP contribution in [0.25, 0.3) is 11.3 Å². The van der Waals surface area contributed by atoms with E-state index in [9.17, 15) is 14.7 Å². The third-order valence-corrected chi connectivity index (χ3v) is 7.12. The van der Waals surface area contributed by atoms with Crippen LogP contribution in [-0.2, 0) is 17.6 Å². The second-order valence-electron chi connectivity index (χ2n) is 8.31. The number of para-hydroxylation sites is 1. The van der Waals surface area contributed by atoms with Gasteiger partial charge in [0, 0.05) is 30.2 Å². The van der Waals surface area contributed by atoms with Crippen LogP contribution in [0.3, 0.4) is 0 Å². The highest BCUT2D eigenvalue weighted by Gasteiger charge is 2.27. The highest BCUT2D eigenvalue weighted by molar-refractivity contribution is 7.17. The Bertz CT molecular complexity index is 1180. The number of nitrogens with zero attached hydrogens (tertiary/aromatic N) is 1. The van der Waals surface area contributed by atoms with Gasteiger partial charge >= 0.3 is 0 Å². The molecule has 1 aliphatic rings. The molecule has 4 rings (SSSR count). The first-order valence-electron chi connectivity index (χ1n) is 11.7. The minimum atomic E-state index is -0.380. The van der Waals surface area contributed by atoms with Crippen LogP contribution < -0.4 is 10.6 Å². The van der Waals surface area contributed by atoms with Crippen molar-refractivity contribution >= 4 is 28.2 Å². The number of thiophene rings is 1. The Balaban J connectivity index is 1.53. The number of rotatable bonds is 9. The van der Waals surface area contributed by atoms with Gasteiger partial charge in [0.05, 0.1) is 11.3 Å². The van der Waals surface area contributed by atoms with Gasteiger partial charge in [-0.05, 0) is 69.2 Å². The van der Waals surface area contributed by atoms with Gasteiger partial charge in [-0.1, -0.05) is 12.1 Å². The molecule has 0 aliphatic heterocycles. The van der Waals surface area contributed by atoms with Crippen LogP contribution in [0.5, 0.6) is 5.75 Å². The smallest absolute Gasteiger partial charge is 0.274 e. The summed E-state index contributed by atoms with van der Waals surface area (Å²) in [5.41, 5.74) is 3.63. The van der Waals surface area contributed by atoms with E-state index in [4.69, 9.17) is 4.74 Å². The van der Waals surface area contributed by atoms with Gasteiger partial charge in [0.25, 0.3) is 11.8 Å². The fraction of sp³-hybridized carbons (Fsp3) is 0.400. The highest BCUT2D eigenvalue weighted by atomic mass is 32.1. The molecule has 4 N–H and O–H groups in total. The maximum atomic E-state index is 13.1. The number of hydrogen-bond acceptors (Lipinski definition) is 6. The molecule has 3 aromatic rings. The number of anilines is 1. The first-order chi connectivity index (χ1) is 16.5. The second kappa shape index (κ2) is 10.8. The molecule has 0 saturated heterocycles. The monoisotopic (exact) mass is 482 g/mol. The zero-order chi connectivity index (χ0) is 24.1. The van der Waals surface area contributed by atoms with E-state index in [-0.39, 0.29) is 23.3 Å². The molecule has 9 heteroatoms. The molecule has 0 saturated carbocycles. The summed E-state index contributed by atoms with van der Waals surface area (Å²) in [7, 11) is 0. The number of aromatic hydroxyl groups is 1. The van der Waals surface area contributed by atoms with E-state index in [0.717, 1.165) is 48.1 Å². The number of carbonyl (C=O) groups is 2. The lowest BCUT2D eigenvalue weighted by atomic mass is 9.95. The molecular formula is C25H30N4O4S. The zero-order valence-electron chi connectivity index (χ0n) is 19.5. The molecule has 34 heavy (non-hydrogen) atoms. The minimum absolute atomic E-state index is 0.134. The lowest BCUT2D eigenvalue weighted by Crippen LogP contribution is -2.27. The highest BCUT2D eigenvalue weighted by Crippen LogP contribution is 2.38. The normalized spacial score (nSPS) is 12.9. The van der Waals surface area contributed by atoms with Crippen LogP contribution in [0, 0.1) is 6.92 Å². The van der Waals surface area contributed by atoms with Gasteiger partial charge in [-0.15, -0.1) is 11.3 Å². The second-order valence-corrected chi connectivity index (χ2v) is 9.42. The first-order valence-corrected chi connectivity index (χ1v) is 12.5. The predicted molar refractivity (Wildman–Crippen MR) is 133 cm³/mol. The van der Waals surface area contributed by atoms with Crippen LogP contribution in [-0.4, -0.2) is 46.9 Å². The number of phenolic OH excluding ortho intramolecular Hbond substituents is 1. The van der Waals surface area contributed by atoms with Crippen molar-refractivity contribution in [1.82, 2.24) is 15.5 Å². The maximum Gasteiger partial charge on any atom is 0.274 e. The van der Waals surface area contributed by atoms with Crippen molar-refractivity contribution in [2.75, 3.05) is 25.1 Å². The number of phenols is 1. The number of aromatic amines is 1.